The van der Waals surface area contributed by atoms with Crippen molar-refractivity contribution in [2.45, 2.75) is 38.7 Å². The van der Waals surface area contributed by atoms with Crippen LogP contribution in [0.4, 0.5) is 37.8 Å². The zero-order valence-corrected chi connectivity index (χ0v) is 20.8. The number of hydrogen-bond donors (Lipinski definition) is 1. The van der Waals surface area contributed by atoms with Gasteiger partial charge in [-0.2, -0.15) is 26.3 Å². The lowest BCUT2D eigenvalue weighted by atomic mass is 10.0. The molecule has 1 unspecified atom stereocenters. The number of fused-ring (bicyclic) bond motifs is 1. The largest absolute Gasteiger partial charge is 0.433 e. The van der Waals surface area contributed by atoms with E-state index in [0.717, 1.165) is 44.3 Å². The Bertz CT molecular complexity index is 1470. The predicted molar refractivity (Wildman–Crippen MR) is 134 cm³/mol. The van der Waals surface area contributed by atoms with Crippen LogP contribution in [0.25, 0.3) is 22.2 Å². The Morgan fingerprint density at radius 1 is 0.974 bits per heavy atom. The highest BCUT2D eigenvalue weighted by atomic mass is 19.4. The lowest BCUT2D eigenvalue weighted by Crippen LogP contribution is -2.34. The average Bonchev–Trinajstić information content (AvgIpc) is 2.88. The van der Waals surface area contributed by atoms with Crippen molar-refractivity contribution in [3.05, 3.63) is 71.9 Å². The number of aromatic nitrogens is 4. The minimum Gasteiger partial charge on any atom is -0.338 e. The van der Waals surface area contributed by atoms with Gasteiger partial charge in [0.25, 0.3) is 0 Å². The molecular weight excluding hydrogens is 522 g/mol. The van der Waals surface area contributed by atoms with Gasteiger partial charge in [0.1, 0.15) is 17.3 Å². The van der Waals surface area contributed by atoms with Gasteiger partial charge >= 0.3 is 12.4 Å². The van der Waals surface area contributed by atoms with E-state index >= 15 is 0 Å². The van der Waals surface area contributed by atoms with E-state index in [2.05, 4.69) is 37.1 Å². The number of rotatable bonds is 5. The standard InChI is InChI=1S/C27H24F6N6/c1-16-4-3-11-39(14-16)15-23-37-21-12-17(24-20(26(28,29)30)5-2-10-34-24)6-8-19(21)25(38-23)36-18-7-9-22(35-13-18)27(31,32)33/h2,5-10,12-13,16H,3-4,11,14-15H2,1H3,(H,36,37,38). The third-order valence-electron chi connectivity index (χ3n) is 6.55. The molecule has 5 rings (SSSR count). The summed E-state index contributed by atoms with van der Waals surface area (Å²) >= 11 is 0. The molecule has 0 aliphatic carbocycles. The van der Waals surface area contributed by atoms with Crippen LogP contribution < -0.4 is 5.32 Å². The summed E-state index contributed by atoms with van der Waals surface area (Å²) < 4.78 is 79.8. The summed E-state index contributed by atoms with van der Waals surface area (Å²) in [6.45, 7) is 4.30. The summed E-state index contributed by atoms with van der Waals surface area (Å²) in [6, 6.07) is 8.89. The number of pyridine rings is 2. The number of benzene rings is 1. The highest BCUT2D eigenvalue weighted by molar-refractivity contribution is 5.93. The number of nitrogens with zero attached hydrogens (tertiary/aromatic N) is 5. The summed E-state index contributed by atoms with van der Waals surface area (Å²) in [4.78, 5) is 19.0. The minimum atomic E-state index is -4.59. The predicted octanol–water partition coefficient (Wildman–Crippen LogP) is 7.10. The molecule has 12 heteroatoms. The molecule has 1 atom stereocenters. The second-order valence-corrected chi connectivity index (χ2v) is 9.66. The first kappa shape index (κ1) is 26.8. The van der Waals surface area contributed by atoms with Crippen LogP contribution >= 0.6 is 0 Å². The highest BCUT2D eigenvalue weighted by Crippen LogP contribution is 2.37. The quantitative estimate of drug-likeness (QED) is 0.270. The third-order valence-corrected chi connectivity index (χ3v) is 6.55. The highest BCUT2D eigenvalue weighted by Gasteiger charge is 2.34. The maximum absolute atomic E-state index is 13.7. The SMILES string of the molecule is CC1CCCN(Cc2nc(Nc3ccc(C(F)(F)F)nc3)c3ccc(-c4ncccc4C(F)(F)F)cc3n2)C1. The number of halogens is 6. The molecule has 39 heavy (non-hydrogen) atoms. The summed E-state index contributed by atoms with van der Waals surface area (Å²) in [5.74, 6) is 1.25. The minimum absolute atomic E-state index is 0.224. The van der Waals surface area contributed by atoms with Crippen LogP contribution in [0.1, 0.15) is 36.8 Å². The first-order valence-corrected chi connectivity index (χ1v) is 12.3. The van der Waals surface area contributed by atoms with Crippen molar-refractivity contribution in [1.29, 1.82) is 0 Å². The molecule has 1 fully saturated rings. The summed E-state index contributed by atoms with van der Waals surface area (Å²) in [7, 11) is 0. The van der Waals surface area contributed by atoms with Crippen molar-refractivity contribution in [3.63, 3.8) is 0 Å². The van der Waals surface area contributed by atoms with Gasteiger partial charge in [-0.15, -0.1) is 0 Å². The molecule has 1 N–H and O–H groups in total. The topological polar surface area (TPSA) is 66.8 Å². The Labute approximate surface area is 220 Å². The lowest BCUT2D eigenvalue weighted by molar-refractivity contribution is -0.141. The van der Waals surface area contributed by atoms with E-state index in [1.165, 1.54) is 30.5 Å². The molecule has 4 heterocycles. The molecule has 4 aromatic rings. The van der Waals surface area contributed by atoms with E-state index in [1.807, 2.05) is 0 Å². The smallest absolute Gasteiger partial charge is 0.338 e. The Kier molecular flexibility index (Phi) is 7.15. The van der Waals surface area contributed by atoms with Crippen LogP contribution in [0.3, 0.4) is 0 Å². The van der Waals surface area contributed by atoms with Crippen LogP contribution in [0.15, 0.2) is 54.9 Å². The molecule has 6 nitrogen and oxygen atoms in total. The molecule has 3 aromatic heterocycles. The van der Waals surface area contributed by atoms with Crippen molar-refractivity contribution >= 4 is 22.4 Å². The Hall–Kier alpha value is -3.80. The van der Waals surface area contributed by atoms with Gasteiger partial charge in [0, 0.05) is 23.7 Å². The second kappa shape index (κ2) is 10.4. The number of piperidine rings is 1. The van der Waals surface area contributed by atoms with E-state index in [1.54, 1.807) is 6.07 Å². The monoisotopic (exact) mass is 546 g/mol. The fourth-order valence-electron chi connectivity index (χ4n) is 4.76. The van der Waals surface area contributed by atoms with Crippen molar-refractivity contribution in [3.8, 4) is 11.3 Å². The van der Waals surface area contributed by atoms with Crippen LogP contribution in [-0.4, -0.2) is 37.9 Å². The van der Waals surface area contributed by atoms with Gasteiger partial charge in [-0.25, -0.2) is 15.0 Å². The van der Waals surface area contributed by atoms with Crippen molar-refractivity contribution in [2.75, 3.05) is 18.4 Å². The van der Waals surface area contributed by atoms with Gasteiger partial charge in [0.05, 0.1) is 35.2 Å². The fraction of sp³-hybridized carbons (Fsp3) is 0.333. The van der Waals surface area contributed by atoms with Gasteiger partial charge in [-0.1, -0.05) is 13.0 Å². The zero-order valence-electron chi connectivity index (χ0n) is 20.8. The van der Waals surface area contributed by atoms with Gasteiger partial charge in [0.2, 0.25) is 0 Å². The van der Waals surface area contributed by atoms with Gasteiger partial charge < -0.3 is 5.32 Å². The van der Waals surface area contributed by atoms with E-state index in [4.69, 9.17) is 0 Å². The van der Waals surface area contributed by atoms with Gasteiger partial charge in [0.15, 0.2) is 0 Å². The fourth-order valence-corrected chi connectivity index (χ4v) is 4.76. The van der Waals surface area contributed by atoms with Crippen LogP contribution in [0, 0.1) is 5.92 Å². The summed E-state index contributed by atoms with van der Waals surface area (Å²) in [5, 5.41) is 3.50. The zero-order chi connectivity index (χ0) is 27.8. The van der Waals surface area contributed by atoms with Crippen LogP contribution in [0.2, 0.25) is 0 Å². The van der Waals surface area contributed by atoms with E-state index < -0.39 is 23.6 Å². The molecule has 0 bridgehead atoms. The Morgan fingerprint density at radius 3 is 2.49 bits per heavy atom. The summed E-state index contributed by atoms with van der Waals surface area (Å²) in [5.41, 5.74) is -1.24. The molecule has 204 valence electrons. The molecule has 1 aliphatic rings. The van der Waals surface area contributed by atoms with Gasteiger partial charge in [-0.05, 0) is 61.7 Å². The van der Waals surface area contributed by atoms with Crippen molar-refractivity contribution in [1.82, 2.24) is 24.8 Å². The lowest BCUT2D eigenvalue weighted by Gasteiger charge is -2.30. The normalized spacial score (nSPS) is 16.9. The molecule has 0 amide bonds. The molecule has 0 saturated carbocycles. The average molecular weight is 547 g/mol. The van der Waals surface area contributed by atoms with Gasteiger partial charge in [-0.3, -0.25) is 9.88 Å². The third kappa shape index (κ3) is 6.11. The van der Waals surface area contributed by atoms with E-state index in [0.29, 0.717) is 35.0 Å². The number of anilines is 2. The molecule has 1 saturated heterocycles. The molecule has 0 radical (unpaired) electrons. The van der Waals surface area contributed by atoms with E-state index in [-0.39, 0.29) is 16.9 Å². The van der Waals surface area contributed by atoms with E-state index in [9.17, 15) is 26.3 Å². The Morgan fingerprint density at radius 2 is 1.79 bits per heavy atom. The van der Waals surface area contributed by atoms with Crippen LogP contribution in [-0.2, 0) is 18.9 Å². The number of nitrogens with one attached hydrogen (secondary N) is 1. The maximum Gasteiger partial charge on any atom is 0.433 e. The Balaban J connectivity index is 1.57. The molecule has 1 aromatic carbocycles. The number of likely N-dealkylation sites (tertiary alicyclic amines) is 1. The molecule has 1 aliphatic heterocycles. The van der Waals surface area contributed by atoms with Crippen molar-refractivity contribution in [2.24, 2.45) is 5.92 Å². The van der Waals surface area contributed by atoms with Crippen molar-refractivity contribution < 1.29 is 26.3 Å². The second-order valence-electron chi connectivity index (χ2n) is 9.66. The molecular formula is C27H24F6N6. The van der Waals surface area contributed by atoms with Crippen LogP contribution in [0.5, 0.6) is 0 Å². The number of alkyl halides is 6. The molecule has 0 spiro atoms. The summed E-state index contributed by atoms with van der Waals surface area (Å²) in [6.07, 6.45) is -4.67. The first-order valence-electron chi connectivity index (χ1n) is 12.3. The number of hydrogen-bond acceptors (Lipinski definition) is 6. The maximum atomic E-state index is 13.7. The first-order chi connectivity index (χ1) is 18.5.